The molecule has 0 spiro atoms. The normalized spacial score (nSPS) is 25.0. The van der Waals surface area contributed by atoms with Gasteiger partial charge in [-0.25, -0.2) is 0 Å². The van der Waals surface area contributed by atoms with Gasteiger partial charge in [-0.2, -0.15) is 0 Å². The van der Waals surface area contributed by atoms with Crippen LogP contribution in [0.15, 0.2) is 60.8 Å². The molecule has 1 saturated heterocycles. The summed E-state index contributed by atoms with van der Waals surface area (Å²) in [6.45, 7) is 11.8. The van der Waals surface area contributed by atoms with Crippen LogP contribution in [0.4, 0.5) is 0 Å². The second-order valence-electron chi connectivity index (χ2n) is 15.2. The van der Waals surface area contributed by atoms with Crippen molar-refractivity contribution in [1.82, 2.24) is 42.2 Å². The highest BCUT2D eigenvalue weighted by molar-refractivity contribution is 5.97. The highest BCUT2D eigenvalue weighted by Gasteiger charge is 2.36. The molecule has 2 heterocycles. The molecule has 302 valence electrons. The van der Waals surface area contributed by atoms with Crippen LogP contribution in [-0.2, 0) is 40.0 Å². The molecule has 0 bridgehead atoms. The van der Waals surface area contributed by atoms with Crippen LogP contribution in [0, 0.1) is 11.8 Å². The lowest BCUT2D eigenvalue weighted by Crippen LogP contribution is -2.61. The lowest BCUT2D eigenvalue weighted by Gasteiger charge is -2.31. The van der Waals surface area contributed by atoms with Crippen LogP contribution in [0.25, 0.3) is 10.9 Å². The molecule has 1 fully saturated rings. The second kappa shape index (κ2) is 19.7. The number of para-hydroxylation sites is 1. The average molecular weight is 773 g/mol. The molecular formula is C41H56N8O7. The van der Waals surface area contributed by atoms with Crippen molar-refractivity contribution < 1.29 is 33.6 Å². The van der Waals surface area contributed by atoms with Crippen LogP contribution in [0.3, 0.4) is 0 Å². The third kappa shape index (κ3) is 11.4. The van der Waals surface area contributed by atoms with Crippen molar-refractivity contribution in [3.8, 4) is 0 Å². The summed E-state index contributed by atoms with van der Waals surface area (Å²) >= 11 is 0. The summed E-state index contributed by atoms with van der Waals surface area (Å²) in [6.07, 6.45) is 2.13. The Labute approximate surface area is 327 Å². The molecule has 1 aliphatic heterocycles. The number of H-pyrrole nitrogens is 1. The Balaban J connectivity index is 1.65. The number of carbonyl (C=O) groups is 7. The first-order valence-electron chi connectivity index (χ1n) is 19.3. The predicted octanol–water partition coefficient (Wildman–Crippen LogP) is 1.68. The number of hydrogen-bond donors (Lipinski definition) is 8. The number of aromatic amines is 1. The minimum absolute atomic E-state index is 0.0142. The van der Waals surface area contributed by atoms with Crippen LogP contribution >= 0.6 is 0 Å². The van der Waals surface area contributed by atoms with Gasteiger partial charge in [-0.15, -0.1) is 0 Å². The van der Waals surface area contributed by atoms with Crippen molar-refractivity contribution in [2.24, 2.45) is 11.8 Å². The summed E-state index contributed by atoms with van der Waals surface area (Å²) in [4.78, 5) is 98.3. The molecule has 7 atom stereocenters. The highest BCUT2D eigenvalue weighted by atomic mass is 16.2. The van der Waals surface area contributed by atoms with Gasteiger partial charge in [0.05, 0.1) is 0 Å². The first-order chi connectivity index (χ1) is 26.6. The molecule has 56 heavy (non-hydrogen) atoms. The van der Waals surface area contributed by atoms with Crippen molar-refractivity contribution in [1.29, 1.82) is 0 Å². The molecule has 15 nitrogen and oxygen atoms in total. The molecule has 0 aliphatic carbocycles. The van der Waals surface area contributed by atoms with Gasteiger partial charge in [0, 0.05) is 42.4 Å². The topological polar surface area (TPSA) is 219 Å². The van der Waals surface area contributed by atoms with E-state index in [0.29, 0.717) is 0 Å². The molecule has 7 amide bonds. The van der Waals surface area contributed by atoms with Crippen LogP contribution in [0.1, 0.15) is 78.4 Å². The number of hydrogen-bond acceptors (Lipinski definition) is 7. The minimum Gasteiger partial charge on any atom is -0.361 e. The molecule has 8 N–H and O–H groups in total. The maximum atomic E-state index is 14.1. The van der Waals surface area contributed by atoms with E-state index in [1.54, 1.807) is 40.8 Å². The van der Waals surface area contributed by atoms with E-state index >= 15 is 0 Å². The third-order valence-corrected chi connectivity index (χ3v) is 10.0. The number of nitrogens with one attached hydrogen (secondary N) is 8. The summed E-state index contributed by atoms with van der Waals surface area (Å²) in [5.41, 5.74) is 2.39. The van der Waals surface area contributed by atoms with E-state index in [1.807, 2.05) is 54.6 Å². The van der Waals surface area contributed by atoms with E-state index in [9.17, 15) is 33.6 Å². The monoisotopic (exact) mass is 772 g/mol. The number of fused-ring (bicyclic) bond motifs is 1. The predicted molar refractivity (Wildman–Crippen MR) is 212 cm³/mol. The lowest BCUT2D eigenvalue weighted by atomic mass is 9.91. The molecule has 0 saturated carbocycles. The van der Waals surface area contributed by atoms with Gasteiger partial charge in [-0.1, -0.05) is 83.1 Å². The Kier molecular flexibility index (Phi) is 15.2. The third-order valence-electron chi connectivity index (χ3n) is 10.0. The van der Waals surface area contributed by atoms with Crippen molar-refractivity contribution in [2.45, 2.75) is 110 Å². The Bertz CT molecular complexity index is 1880. The van der Waals surface area contributed by atoms with E-state index in [1.165, 1.54) is 13.8 Å². The summed E-state index contributed by atoms with van der Waals surface area (Å²) in [7, 11) is 0. The van der Waals surface area contributed by atoms with Crippen molar-refractivity contribution in [2.75, 3.05) is 6.54 Å². The largest absolute Gasteiger partial charge is 0.361 e. The molecular weight excluding hydrogens is 716 g/mol. The number of benzene rings is 2. The Hall–Kier alpha value is -5.73. The van der Waals surface area contributed by atoms with Gasteiger partial charge in [-0.05, 0) is 49.3 Å². The van der Waals surface area contributed by atoms with Crippen LogP contribution in [0.2, 0.25) is 0 Å². The van der Waals surface area contributed by atoms with Gasteiger partial charge in [0.2, 0.25) is 41.4 Å². The maximum absolute atomic E-state index is 14.1. The Morgan fingerprint density at radius 3 is 1.79 bits per heavy atom. The quantitative estimate of drug-likeness (QED) is 0.185. The van der Waals surface area contributed by atoms with Gasteiger partial charge in [0.1, 0.15) is 36.3 Å². The van der Waals surface area contributed by atoms with E-state index in [-0.39, 0.29) is 25.8 Å². The molecule has 0 unspecified atom stereocenters. The van der Waals surface area contributed by atoms with Crippen LogP contribution < -0.4 is 37.2 Å². The second-order valence-corrected chi connectivity index (χ2v) is 15.2. The number of carbonyl (C=O) groups excluding carboxylic acids is 7. The van der Waals surface area contributed by atoms with E-state index < -0.39 is 95.4 Å². The van der Waals surface area contributed by atoms with Gasteiger partial charge in [0.15, 0.2) is 0 Å². The van der Waals surface area contributed by atoms with Crippen LogP contribution in [-0.4, -0.2) is 89.1 Å². The zero-order valence-electron chi connectivity index (χ0n) is 33.2. The zero-order valence-corrected chi connectivity index (χ0v) is 33.2. The first-order valence-corrected chi connectivity index (χ1v) is 19.3. The molecule has 3 aromatic rings. The minimum atomic E-state index is -1.18. The lowest BCUT2D eigenvalue weighted by molar-refractivity contribution is -0.136. The fourth-order valence-corrected chi connectivity index (χ4v) is 6.56. The molecule has 1 aliphatic rings. The summed E-state index contributed by atoms with van der Waals surface area (Å²) in [5.74, 6) is -5.48. The SMILES string of the molecule is CC(C)[C@@H]1NC(=O)[C@H](C)NC(=O)CCCNC(=O)[C@H](Cc2c[nH]c3ccccc23)NC(=O)[C@H](C)NC(=O)[C@H](C(C)C)NC(=O)[C@H]([C@@H](C)c2ccccc2)NC1=O. The van der Waals surface area contributed by atoms with Crippen LogP contribution in [0.5, 0.6) is 0 Å². The Morgan fingerprint density at radius 1 is 0.589 bits per heavy atom. The molecule has 4 rings (SSSR count). The van der Waals surface area contributed by atoms with Gasteiger partial charge in [0.25, 0.3) is 0 Å². The van der Waals surface area contributed by atoms with Crippen molar-refractivity contribution >= 4 is 52.3 Å². The summed E-state index contributed by atoms with van der Waals surface area (Å²) < 4.78 is 0. The van der Waals surface area contributed by atoms with Crippen molar-refractivity contribution in [3.05, 3.63) is 71.9 Å². The number of rotatable bonds is 6. The van der Waals surface area contributed by atoms with Gasteiger partial charge < -0.3 is 42.2 Å². The van der Waals surface area contributed by atoms with Crippen molar-refractivity contribution in [3.63, 3.8) is 0 Å². The van der Waals surface area contributed by atoms with E-state index in [0.717, 1.165) is 22.0 Å². The summed E-state index contributed by atoms with van der Waals surface area (Å²) in [5, 5.41) is 20.1. The first kappa shape index (κ1) is 43.0. The maximum Gasteiger partial charge on any atom is 0.243 e. The fraction of sp³-hybridized carbons (Fsp3) is 0.488. The smallest absolute Gasteiger partial charge is 0.243 e. The number of amides is 7. The zero-order chi connectivity index (χ0) is 41.1. The van der Waals surface area contributed by atoms with E-state index in [4.69, 9.17) is 0 Å². The van der Waals surface area contributed by atoms with Gasteiger partial charge >= 0.3 is 0 Å². The molecule has 15 heteroatoms. The molecule has 2 aromatic carbocycles. The van der Waals surface area contributed by atoms with E-state index in [2.05, 4.69) is 42.2 Å². The summed E-state index contributed by atoms with van der Waals surface area (Å²) in [6, 6.07) is 10.1. The molecule has 1 aromatic heterocycles. The van der Waals surface area contributed by atoms with Gasteiger partial charge in [-0.3, -0.25) is 33.6 Å². The number of aromatic nitrogens is 1. The Morgan fingerprint density at radius 2 is 1.12 bits per heavy atom. The highest BCUT2D eigenvalue weighted by Crippen LogP contribution is 2.21. The average Bonchev–Trinajstić information content (AvgIpc) is 3.57. The standard InChI is InChI=1S/C41H56N8O7/c1-22(2)33-39(54)45-26(7)36(51)46-31(20-28-21-43-30-17-12-11-16-29(28)30)38(53)42-19-13-18-32(50)44-25(6)37(52)47-34(23(3)4)40(55)49-35(41(56)48-33)24(5)27-14-9-8-10-15-27/h8-12,14-17,21-26,31,33-35,43H,13,18-20H2,1-7H3,(H,42,53)(H,44,50)(H,45,54)(H,46,51)(H,47,52)(H,48,56)(H,49,55)/t24-,25-,26-,31-,33-,34-,35-/m0/s1. The molecule has 0 radical (unpaired) electrons. The fourth-order valence-electron chi connectivity index (χ4n) is 6.56.